The van der Waals surface area contributed by atoms with Crippen LogP contribution in [0.3, 0.4) is 0 Å². The van der Waals surface area contributed by atoms with Crippen LogP contribution in [0.15, 0.2) is 36.4 Å². The molecular formula is C20H26N2O3S. The Hall–Kier alpha value is -2.34. The van der Waals surface area contributed by atoms with E-state index in [4.69, 9.17) is 0 Å². The number of aryl methyl sites for hydroxylation is 4. The SMILES string of the molecule is Cc1ccc(NC(=O)[C@@H](C)N(c2cc(C)ccc2C)S(C)(=O)=O)c(C)c1. The molecule has 0 aliphatic rings. The predicted molar refractivity (Wildman–Crippen MR) is 107 cm³/mol. The fourth-order valence-corrected chi connectivity index (χ4v) is 4.15. The van der Waals surface area contributed by atoms with Gasteiger partial charge in [0.1, 0.15) is 6.04 Å². The Morgan fingerprint density at radius 3 is 2.12 bits per heavy atom. The Labute approximate surface area is 156 Å². The predicted octanol–water partition coefficient (Wildman–Crippen LogP) is 3.71. The lowest BCUT2D eigenvalue weighted by Gasteiger charge is -2.30. The van der Waals surface area contributed by atoms with Gasteiger partial charge in [0.15, 0.2) is 0 Å². The third-order valence-electron chi connectivity index (χ3n) is 4.33. The van der Waals surface area contributed by atoms with Crippen LogP contribution in [0.5, 0.6) is 0 Å². The second-order valence-corrected chi connectivity index (χ2v) is 8.69. The number of carbonyl (C=O) groups excluding carboxylic acids is 1. The molecule has 0 fully saturated rings. The maximum atomic E-state index is 12.8. The van der Waals surface area contributed by atoms with Gasteiger partial charge in [0, 0.05) is 5.69 Å². The van der Waals surface area contributed by atoms with E-state index in [0.717, 1.165) is 28.5 Å². The molecular weight excluding hydrogens is 348 g/mol. The van der Waals surface area contributed by atoms with E-state index in [-0.39, 0.29) is 5.91 Å². The minimum absolute atomic E-state index is 0.372. The molecule has 5 nitrogen and oxygen atoms in total. The summed E-state index contributed by atoms with van der Waals surface area (Å²) >= 11 is 0. The summed E-state index contributed by atoms with van der Waals surface area (Å²) in [6.07, 6.45) is 1.12. The van der Waals surface area contributed by atoms with E-state index in [2.05, 4.69) is 5.32 Å². The normalized spacial score (nSPS) is 12.5. The topological polar surface area (TPSA) is 66.5 Å². The van der Waals surface area contributed by atoms with Gasteiger partial charge in [-0.2, -0.15) is 0 Å². The summed E-state index contributed by atoms with van der Waals surface area (Å²) in [5.41, 5.74) is 4.97. The fraction of sp³-hybridized carbons (Fsp3) is 0.350. The molecule has 1 amide bonds. The fourth-order valence-electron chi connectivity index (χ4n) is 2.93. The number of carbonyl (C=O) groups is 1. The molecule has 0 aliphatic carbocycles. The van der Waals surface area contributed by atoms with E-state index in [1.54, 1.807) is 13.0 Å². The lowest BCUT2D eigenvalue weighted by atomic mass is 10.1. The molecule has 0 radical (unpaired) electrons. The molecule has 1 N–H and O–H groups in total. The first kappa shape index (κ1) is 20.0. The molecule has 0 aliphatic heterocycles. The molecule has 2 aromatic rings. The van der Waals surface area contributed by atoms with E-state index in [1.807, 2.05) is 58.0 Å². The standard InChI is InChI=1S/C20H26N2O3S/c1-13-8-10-18(16(4)11-13)21-20(23)17(5)22(26(6,24)25)19-12-14(2)7-9-15(19)3/h7-12,17H,1-6H3,(H,21,23)/t17-/m1/s1. The molecule has 0 spiro atoms. The lowest BCUT2D eigenvalue weighted by molar-refractivity contribution is -0.116. The monoisotopic (exact) mass is 374 g/mol. The molecule has 0 bridgehead atoms. The van der Waals surface area contributed by atoms with Crippen molar-refractivity contribution < 1.29 is 13.2 Å². The van der Waals surface area contributed by atoms with Crippen LogP contribution in [0.4, 0.5) is 11.4 Å². The number of nitrogens with zero attached hydrogens (tertiary/aromatic N) is 1. The maximum Gasteiger partial charge on any atom is 0.248 e. The molecule has 140 valence electrons. The summed E-state index contributed by atoms with van der Waals surface area (Å²) in [5, 5.41) is 2.85. The second kappa shape index (κ2) is 7.50. The quantitative estimate of drug-likeness (QED) is 0.867. The first-order valence-electron chi connectivity index (χ1n) is 8.45. The summed E-state index contributed by atoms with van der Waals surface area (Å²) in [4.78, 5) is 12.8. The zero-order chi connectivity index (χ0) is 19.6. The lowest BCUT2D eigenvalue weighted by Crippen LogP contribution is -2.45. The summed E-state index contributed by atoms with van der Waals surface area (Å²) in [6.45, 7) is 9.21. The van der Waals surface area contributed by atoms with Crippen LogP contribution >= 0.6 is 0 Å². The van der Waals surface area contributed by atoms with Crippen LogP contribution in [-0.2, 0) is 14.8 Å². The number of nitrogens with one attached hydrogen (secondary N) is 1. The van der Waals surface area contributed by atoms with Gasteiger partial charge in [-0.05, 0) is 63.4 Å². The van der Waals surface area contributed by atoms with E-state index in [9.17, 15) is 13.2 Å². The van der Waals surface area contributed by atoms with Crippen molar-refractivity contribution in [2.24, 2.45) is 0 Å². The summed E-state index contributed by atoms with van der Waals surface area (Å²) in [7, 11) is -3.64. The van der Waals surface area contributed by atoms with Gasteiger partial charge < -0.3 is 5.32 Å². The zero-order valence-corrected chi connectivity index (χ0v) is 16.9. The van der Waals surface area contributed by atoms with Crippen molar-refractivity contribution in [1.29, 1.82) is 0 Å². The Bertz CT molecular complexity index is 936. The van der Waals surface area contributed by atoms with Gasteiger partial charge in [0.2, 0.25) is 15.9 Å². The first-order chi connectivity index (χ1) is 12.0. The number of hydrogen-bond acceptors (Lipinski definition) is 3. The molecule has 0 saturated carbocycles. The molecule has 26 heavy (non-hydrogen) atoms. The molecule has 2 rings (SSSR count). The highest BCUT2D eigenvalue weighted by molar-refractivity contribution is 7.92. The summed E-state index contributed by atoms with van der Waals surface area (Å²) in [5.74, 6) is -0.372. The molecule has 0 unspecified atom stereocenters. The number of benzene rings is 2. The zero-order valence-electron chi connectivity index (χ0n) is 16.1. The number of rotatable bonds is 5. The van der Waals surface area contributed by atoms with Crippen molar-refractivity contribution in [2.45, 2.75) is 40.7 Å². The Balaban J connectivity index is 2.39. The summed E-state index contributed by atoms with van der Waals surface area (Å²) in [6, 6.07) is 10.4. The maximum absolute atomic E-state index is 12.8. The van der Waals surface area contributed by atoms with Gasteiger partial charge in [-0.15, -0.1) is 0 Å². The van der Waals surface area contributed by atoms with E-state index in [1.165, 1.54) is 4.31 Å². The van der Waals surface area contributed by atoms with Crippen molar-refractivity contribution in [3.05, 3.63) is 58.7 Å². The molecule has 0 saturated heterocycles. The third-order valence-corrected chi connectivity index (χ3v) is 5.56. The van der Waals surface area contributed by atoms with Crippen LogP contribution in [0.25, 0.3) is 0 Å². The molecule has 0 heterocycles. The van der Waals surface area contributed by atoms with Crippen molar-refractivity contribution in [3.63, 3.8) is 0 Å². The smallest absolute Gasteiger partial charge is 0.248 e. The van der Waals surface area contributed by atoms with Crippen molar-refractivity contribution in [2.75, 3.05) is 15.9 Å². The Morgan fingerprint density at radius 2 is 1.54 bits per heavy atom. The Morgan fingerprint density at radius 1 is 0.962 bits per heavy atom. The van der Waals surface area contributed by atoms with Crippen LogP contribution in [0.1, 0.15) is 29.2 Å². The highest BCUT2D eigenvalue weighted by Crippen LogP contribution is 2.27. The van der Waals surface area contributed by atoms with Gasteiger partial charge in [-0.25, -0.2) is 8.42 Å². The largest absolute Gasteiger partial charge is 0.324 e. The number of anilines is 2. The van der Waals surface area contributed by atoms with Crippen LogP contribution in [0.2, 0.25) is 0 Å². The summed E-state index contributed by atoms with van der Waals surface area (Å²) < 4.78 is 26.1. The number of hydrogen-bond donors (Lipinski definition) is 1. The van der Waals surface area contributed by atoms with Crippen molar-refractivity contribution >= 4 is 27.3 Å². The van der Waals surface area contributed by atoms with Gasteiger partial charge in [0.25, 0.3) is 0 Å². The number of amides is 1. The van der Waals surface area contributed by atoms with Crippen LogP contribution in [0, 0.1) is 27.7 Å². The van der Waals surface area contributed by atoms with Crippen LogP contribution in [-0.4, -0.2) is 26.6 Å². The van der Waals surface area contributed by atoms with Gasteiger partial charge >= 0.3 is 0 Å². The molecule has 0 aromatic heterocycles. The highest BCUT2D eigenvalue weighted by atomic mass is 32.2. The first-order valence-corrected chi connectivity index (χ1v) is 10.3. The average Bonchev–Trinajstić information content (AvgIpc) is 2.52. The minimum Gasteiger partial charge on any atom is -0.324 e. The van der Waals surface area contributed by atoms with Gasteiger partial charge in [0.05, 0.1) is 11.9 Å². The van der Waals surface area contributed by atoms with Gasteiger partial charge in [-0.3, -0.25) is 9.10 Å². The Kier molecular flexibility index (Phi) is 5.76. The van der Waals surface area contributed by atoms with E-state index in [0.29, 0.717) is 11.4 Å². The minimum atomic E-state index is -3.64. The van der Waals surface area contributed by atoms with Gasteiger partial charge in [-0.1, -0.05) is 29.8 Å². The van der Waals surface area contributed by atoms with Crippen molar-refractivity contribution in [3.8, 4) is 0 Å². The number of sulfonamides is 1. The second-order valence-electron chi connectivity index (χ2n) is 6.83. The third kappa shape index (κ3) is 4.43. The van der Waals surface area contributed by atoms with E-state index < -0.39 is 16.1 Å². The highest BCUT2D eigenvalue weighted by Gasteiger charge is 2.30. The van der Waals surface area contributed by atoms with Crippen molar-refractivity contribution in [1.82, 2.24) is 0 Å². The average molecular weight is 375 g/mol. The van der Waals surface area contributed by atoms with E-state index >= 15 is 0 Å². The molecule has 1 atom stereocenters. The molecule has 6 heteroatoms. The molecule has 2 aromatic carbocycles. The van der Waals surface area contributed by atoms with Crippen LogP contribution < -0.4 is 9.62 Å².